The van der Waals surface area contributed by atoms with E-state index in [1.54, 1.807) is 5.51 Å². The van der Waals surface area contributed by atoms with Crippen molar-refractivity contribution in [3.63, 3.8) is 0 Å². The third kappa shape index (κ3) is 2.71. The number of carbonyl (C=O) groups excluding carboxylic acids is 1. The minimum absolute atomic E-state index is 0.145. The number of aromatic nitrogens is 1. The fraction of sp³-hybridized carbons (Fsp3) is 0.231. The van der Waals surface area contributed by atoms with Gasteiger partial charge in [0.25, 0.3) is 5.91 Å². The minimum Gasteiger partial charge on any atom is -0.321 e. The van der Waals surface area contributed by atoms with Crippen LogP contribution in [0, 0.1) is 20.8 Å². The Morgan fingerprint density at radius 3 is 2.35 bits per heavy atom. The Labute approximate surface area is 105 Å². The molecule has 0 bridgehead atoms. The molecule has 0 spiro atoms. The van der Waals surface area contributed by atoms with Crippen LogP contribution in [0.4, 0.5) is 5.69 Å². The Balaban J connectivity index is 2.21. The van der Waals surface area contributed by atoms with Gasteiger partial charge in [-0.1, -0.05) is 6.07 Å². The summed E-state index contributed by atoms with van der Waals surface area (Å²) in [5.74, 6) is -0.145. The van der Waals surface area contributed by atoms with Crippen LogP contribution < -0.4 is 5.32 Å². The third-order valence-corrected chi connectivity index (χ3v) is 3.20. The van der Waals surface area contributed by atoms with Crippen LogP contribution in [0.5, 0.6) is 0 Å². The van der Waals surface area contributed by atoms with Crippen LogP contribution in [0.15, 0.2) is 23.7 Å². The quantitative estimate of drug-likeness (QED) is 0.883. The molecule has 2 aromatic rings. The number of carbonyl (C=O) groups is 1. The first-order chi connectivity index (χ1) is 8.06. The second-order valence-electron chi connectivity index (χ2n) is 4.09. The Hall–Kier alpha value is -1.68. The zero-order valence-corrected chi connectivity index (χ0v) is 10.9. The van der Waals surface area contributed by atoms with Crippen LogP contribution >= 0.6 is 11.3 Å². The highest BCUT2D eigenvalue weighted by molar-refractivity contribution is 7.09. The van der Waals surface area contributed by atoms with Gasteiger partial charge in [0, 0.05) is 10.6 Å². The van der Waals surface area contributed by atoms with Gasteiger partial charge in [0.1, 0.15) is 5.69 Å². The highest BCUT2D eigenvalue weighted by atomic mass is 32.1. The molecule has 1 aromatic heterocycles. The van der Waals surface area contributed by atoms with Crippen molar-refractivity contribution >= 4 is 22.9 Å². The Kier molecular flexibility index (Phi) is 3.24. The van der Waals surface area contributed by atoms with Gasteiger partial charge in [0.05, 0.1) is 5.51 Å². The molecule has 1 aromatic carbocycles. The zero-order chi connectivity index (χ0) is 12.4. The number of hydrogen-bond acceptors (Lipinski definition) is 3. The lowest BCUT2D eigenvalue weighted by atomic mass is 10.1. The molecule has 1 heterocycles. The van der Waals surface area contributed by atoms with E-state index in [1.807, 2.05) is 32.9 Å². The van der Waals surface area contributed by atoms with E-state index in [4.69, 9.17) is 0 Å². The molecule has 1 N–H and O–H groups in total. The highest BCUT2D eigenvalue weighted by Gasteiger charge is 2.12. The fourth-order valence-corrected chi connectivity index (χ4v) is 2.33. The predicted molar refractivity (Wildman–Crippen MR) is 70.7 cm³/mol. The maximum absolute atomic E-state index is 12.0. The molecule has 3 nitrogen and oxygen atoms in total. The number of amides is 1. The van der Waals surface area contributed by atoms with Crippen molar-refractivity contribution in [1.29, 1.82) is 0 Å². The number of rotatable bonds is 2. The molecular formula is C13H14N2OS. The Morgan fingerprint density at radius 2 is 1.82 bits per heavy atom. The molecule has 17 heavy (non-hydrogen) atoms. The smallest absolute Gasteiger partial charge is 0.275 e. The molecule has 2 rings (SSSR count). The number of benzene rings is 1. The van der Waals surface area contributed by atoms with Crippen LogP contribution in [-0.2, 0) is 0 Å². The summed E-state index contributed by atoms with van der Waals surface area (Å²) >= 11 is 1.48. The van der Waals surface area contributed by atoms with E-state index in [1.165, 1.54) is 11.3 Å². The summed E-state index contributed by atoms with van der Waals surface area (Å²) in [5.41, 5.74) is 5.28. The molecule has 0 radical (unpaired) electrons. The van der Waals surface area contributed by atoms with E-state index in [2.05, 4.69) is 16.4 Å². The molecule has 0 aliphatic rings. The molecule has 4 heteroatoms. The number of nitrogens with zero attached hydrogens (tertiary/aromatic N) is 1. The van der Waals surface area contributed by atoms with Crippen molar-refractivity contribution in [2.45, 2.75) is 20.8 Å². The molecule has 0 saturated carbocycles. The molecule has 0 aliphatic heterocycles. The van der Waals surface area contributed by atoms with Crippen molar-refractivity contribution in [3.05, 3.63) is 45.4 Å². The van der Waals surface area contributed by atoms with Gasteiger partial charge in [-0.3, -0.25) is 4.79 Å². The van der Waals surface area contributed by atoms with Gasteiger partial charge in [0.2, 0.25) is 0 Å². The minimum atomic E-state index is -0.145. The summed E-state index contributed by atoms with van der Waals surface area (Å²) < 4.78 is 0. The summed E-state index contributed by atoms with van der Waals surface area (Å²) in [6, 6.07) is 5.98. The Morgan fingerprint density at radius 1 is 1.18 bits per heavy atom. The van der Waals surface area contributed by atoms with Crippen LogP contribution in [-0.4, -0.2) is 10.9 Å². The number of aryl methyl sites for hydroxylation is 3. The van der Waals surface area contributed by atoms with E-state index < -0.39 is 0 Å². The van der Waals surface area contributed by atoms with Crippen molar-refractivity contribution in [2.75, 3.05) is 5.32 Å². The van der Waals surface area contributed by atoms with Gasteiger partial charge in [-0.15, -0.1) is 11.3 Å². The predicted octanol–water partition coefficient (Wildman–Crippen LogP) is 3.32. The molecule has 88 valence electrons. The molecule has 0 unspecified atom stereocenters. The maximum atomic E-state index is 12.0. The fourth-order valence-electron chi connectivity index (χ4n) is 1.76. The van der Waals surface area contributed by atoms with Crippen LogP contribution in [0.2, 0.25) is 0 Å². The van der Waals surface area contributed by atoms with E-state index >= 15 is 0 Å². The molecule has 0 atom stereocenters. The number of hydrogen-bond donors (Lipinski definition) is 1. The lowest BCUT2D eigenvalue weighted by Crippen LogP contribution is -2.13. The highest BCUT2D eigenvalue weighted by Crippen LogP contribution is 2.17. The van der Waals surface area contributed by atoms with Crippen LogP contribution in [0.1, 0.15) is 26.5 Å². The number of anilines is 1. The normalized spacial score (nSPS) is 10.3. The van der Waals surface area contributed by atoms with Gasteiger partial charge in [-0.05, 0) is 44.0 Å². The number of thiazole rings is 1. The monoisotopic (exact) mass is 246 g/mol. The van der Waals surface area contributed by atoms with E-state index in [0.717, 1.165) is 21.7 Å². The topological polar surface area (TPSA) is 42.0 Å². The Bertz CT molecular complexity index is 540. The summed E-state index contributed by atoms with van der Waals surface area (Å²) in [6.07, 6.45) is 0. The summed E-state index contributed by atoms with van der Waals surface area (Å²) in [7, 11) is 0. The van der Waals surface area contributed by atoms with Crippen molar-refractivity contribution in [3.8, 4) is 0 Å². The largest absolute Gasteiger partial charge is 0.321 e. The van der Waals surface area contributed by atoms with Gasteiger partial charge in [0.15, 0.2) is 0 Å². The second-order valence-corrected chi connectivity index (χ2v) is 5.15. The third-order valence-electron chi connectivity index (χ3n) is 2.44. The number of nitrogens with one attached hydrogen (secondary N) is 1. The van der Waals surface area contributed by atoms with Gasteiger partial charge in [-0.25, -0.2) is 4.98 Å². The first-order valence-electron chi connectivity index (χ1n) is 5.36. The first-order valence-corrected chi connectivity index (χ1v) is 6.24. The maximum Gasteiger partial charge on any atom is 0.275 e. The average molecular weight is 246 g/mol. The molecule has 0 saturated heterocycles. The lowest BCUT2D eigenvalue weighted by Gasteiger charge is -2.06. The molecule has 0 aliphatic carbocycles. The van der Waals surface area contributed by atoms with Crippen molar-refractivity contribution in [2.24, 2.45) is 0 Å². The molecule has 1 amide bonds. The van der Waals surface area contributed by atoms with E-state index in [-0.39, 0.29) is 5.91 Å². The lowest BCUT2D eigenvalue weighted by molar-refractivity contribution is 0.102. The van der Waals surface area contributed by atoms with E-state index in [9.17, 15) is 4.79 Å². The van der Waals surface area contributed by atoms with Crippen LogP contribution in [0.25, 0.3) is 0 Å². The second kappa shape index (κ2) is 4.67. The van der Waals surface area contributed by atoms with Gasteiger partial charge < -0.3 is 5.32 Å². The SMILES string of the molecule is Cc1cc(C)cc(NC(=O)c2ncsc2C)c1. The van der Waals surface area contributed by atoms with Crippen LogP contribution in [0.3, 0.4) is 0 Å². The van der Waals surface area contributed by atoms with E-state index in [0.29, 0.717) is 5.69 Å². The van der Waals surface area contributed by atoms with Crippen molar-refractivity contribution in [1.82, 2.24) is 4.98 Å². The summed E-state index contributed by atoms with van der Waals surface area (Å²) in [6.45, 7) is 5.92. The zero-order valence-electron chi connectivity index (χ0n) is 10.1. The first kappa shape index (κ1) is 11.8. The summed E-state index contributed by atoms with van der Waals surface area (Å²) in [5, 5.41) is 2.87. The van der Waals surface area contributed by atoms with Gasteiger partial charge in [-0.2, -0.15) is 0 Å². The molecule has 0 fully saturated rings. The summed E-state index contributed by atoms with van der Waals surface area (Å²) in [4.78, 5) is 17.0. The van der Waals surface area contributed by atoms with Gasteiger partial charge >= 0.3 is 0 Å². The molecular weight excluding hydrogens is 232 g/mol. The standard InChI is InChI=1S/C13H14N2OS/c1-8-4-9(2)6-11(5-8)15-13(16)12-10(3)17-7-14-12/h4-7H,1-3H3,(H,15,16). The average Bonchev–Trinajstić information content (AvgIpc) is 2.62. The van der Waals surface area contributed by atoms with Crippen molar-refractivity contribution < 1.29 is 4.79 Å².